The third-order valence-corrected chi connectivity index (χ3v) is 5.10. The highest BCUT2D eigenvalue weighted by molar-refractivity contribution is 5.81. The topological polar surface area (TPSA) is 85.6 Å². The third kappa shape index (κ3) is 4.00. The number of fused-ring (bicyclic) bond motifs is 1. The predicted octanol–water partition coefficient (Wildman–Crippen LogP) is 1.17. The van der Waals surface area contributed by atoms with Crippen LogP contribution in [-0.4, -0.2) is 66.5 Å². The quantitative estimate of drug-likeness (QED) is 0.614. The Hall–Kier alpha value is -3.20. The molecule has 9 heteroatoms. The molecule has 3 heterocycles. The van der Waals surface area contributed by atoms with Gasteiger partial charge in [-0.25, -0.2) is 9.97 Å². The van der Waals surface area contributed by atoms with E-state index < -0.39 is 0 Å². The van der Waals surface area contributed by atoms with Gasteiger partial charge in [-0.05, 0) is 18.2 Å². The number of piperazine rings is 1. The molecule has 152 valence electrons. The molecule has 0 saturated carbocycles. The second-order valence-electron chi connectivity index (χ2n) is 6.81. The molecule has 0 amide bonds. The van der Waals surface area contributed by atoms with Crippen molar-refractivity contribution >= 4 is 22.5 Å². The zero-order chi connectivity index (χ0) is 20.2. The van der Waals surface area contributed by atoms with Gasteiger partial charge in [-0.15, -0.1) is 0 Å². The van der Waals surface area contributed by atoms with Crippen LogP contribution in [0.2, 0.25) is 0 Å². The second kappa shape index (κ2) is 8.44. The van der Waals surface area contributed by atoms with Gasteiger partial charge in [-0.2, -0.15) is 4.98 Å². The molecular formula is C20H24N6O3. The summed E-state index contributed by atoms with van der Waals surface area (Å²) in [6.07, 6.45) is 3.30. The summed E-state index contributed by atoms with van der Waals surface area (Å²) in [5, 5.41) is 0.621. The number of aromatic nitrogens is 4. The van der Waals surface area contributed by atoms with Gasteiger partial charge in [0.1, 0.15) is 0 Å². The van der Waals surface area contributed by atoms with Crippen molar-refractivity contribution in [3.05, 3.63) is 47.1 Å². The molecule has 1 aliphatic rings. The lowest BCUT2D eigenvalue weighted by atomic mass is 10.2. The Morgan fingerprint density at radius 2 is 1.83 bits per heavy atom. The minimum Gasteiger partial charge on any atom is -0.481 e. The van der Waals surface area contributed by atoms with E-state index in [0.29, 0.717) is 35.9 Å². The molecule has 0 radical (unpaired) electrons. The van der Waals surface area contributed by atoms with Crippen LogP contribution in [0, 0.1) is 0 Å². The average Bonchev–Trinajstić information content (AvgIpc) is 2.78. The first kappa shape index (κ1) is 19.1. The number of rotatable bonds is 6. The van der Waals surface area contributed by atoms with E-state index in [9.17, 15) is 4.79 Å². The van der Waals surface area contributed by atoms with Gasteiger partial charge in [0.05, 0.1) is 37.5 Å². The highest BCUT2D eigenvalue weighted by Gasteiger charge is 2.20. The molecular weight excluding hydrogens is 372 g/mol. The van der Waals surface area contributed by atoms with Gasteiger partial charge in [0.2, 0.25) is 11.8 Å². The van der Waals surface area contributed by atoms with E-state index in [4.69, 9.17) is 9.47 Å². The number of hydrogen-bond acceptors (Lipinski definition) is 8. The summed E-state index contributed by atoms with van der Waals surface area (Å²) in [6.45, 7) is 4.24. The molecule has 0 unspecified atom stereocenters. The van der Waals surface area contributed by atoms with Crippen molar-refractivity contribution in [2.45, 2.75) is 6.54 Å². The fourth-order valence-corrected chi connectivity index (χ4v) is 3.46. The zero-order valence-corrected chi connectivity index (χ0v) is 16.6. The van der Waals surface area contributed by atoms with Crippen LogP contribution in [0.1, 0.15) is 0 Å². The molecule has 9 nitrogen and oxygen atoms in total. The maximum atomic E-state index is 12.6. The van der Waals surface area contributed by atoms with Crippen molar-refractivity contribution in [2.75, 3.05) is 56.8 Å². The first-order valence-corrected chi connectivity index (χ1v) is 9.54. The third-order valence-electron chi connectivity index (χ3n) is 5.10. The summed E-state index contributed by atoms with van der Waals surface area (Å²) in [5.41, 5.74) is 1.73. The van der Waals surface area contributed by atoms with Crippen LogP contribution in [-0.2, 0) is 11.3 Å². The molecule has 0 atom stereocenters. The minimum absolute atomic E-state index is 0.0430. The zero-order valence-electron chi connectivity index (χ0n) is 16.6. The molecule has 2 aromatic heterocycles. The fourth-order valence-electron chi connectivity index (χ4n) is 3.46. The summed E-state index contributed by atoms with van der Waals surface area (Å²) in [5.74, 6) is 1.25. The Morgan fingerprint density at radius 1 is 1.03 bits per heavy atom. The van der Waals surface area contributed by atoms with Crippen LogP contribution in [0.4, 0.5) is 11.6 Å². The van der Waals surface area contributed by atoms with Gasteiger partial charge in [0, 0.05) is 51.2 Å². The van der Waals surface area contributed by atoms with E-state index in [0.717, 1.165) is 31.9 Å². The molecule has 0 N–H and O–H groups in total. The molecule has 0 bridgehead atoms. The lowest BCUT2D eigenvalue weighted by Gasteiger charge is -2.36. The number of anilines is 2. The largest absolute Gasteiger partial charge is 0.481 e. The number of benzene rings is 1. The summed E-state index contributed by atoms with van der Waals surface area (Å²) in [6, 6.07) is 7.57. The summed E-state index contributed by atoms with van der Waals surface area (Å²) in [7, 11) is 3.22. The van der Waals surface area contributed by atoms with Gasteiger partial charge in [-0.1, -0.05) is 0 Å². The smallest absolute Gasteiger partial charge is 0.261 e. The normalized spacial score (nSPS) is 14.4. The number of ether oxygens (including phenoxy) is 2. The summed E-state index contributed by atoms with van der Waals surface area (Å²) in [4.78, 5) is 30.3. The van der Waals surface area contributed by atoms with E-state index in [1.165, 1.54) is 0 Å². The Balaban J connectivity index is 1.48. The number of hydrogen-bond donors (Lipinski definition) is 0. The van der Waals surface area contributed by atoms with Crippen molar-refractivity contribution in [1.29, 1.82) is 0 Å². The van der Waals surface area contributed by atoms with Gasteiger partial charge in [-0.3, -0.25) is 9.36 Å². The van der Waals surface area contributed by atoms with Crippen molar-refractivity contribution < 1.29 is 9.47 Å². The van der Waals surface area contributed by atoms with Crippen molar-refractivity contribution in [2.24, 2.45) is 0 Å². The lowest BCUT2D eigenvalue weighted by Crippen LogP contribution is -2.47. The molecule has 1 fully saturated rings. The number of nitrogens with zero attached hydrogens (tertiary/aromatic N) is 6. The predicted molar refractivity (Wildman–Crippen MR) is 111 cm³/mol. The standard InChI is InChI=1S/C20H24N6O3/c1-28-12-11-26-14-22-17-13-15(3-4-16(17)19(26)27)24-7-9-25(10-8-24)20-21-6-5-18(23-20)29-2/h3-6,13-14H,7-12H2,1-2H3. The molecule has 1 aromatic carbocycles. The monoisotopic (exact) mass is 396 g/mol. The van der Waals surface area contributed by atoms with E-state index in [-0.39, 0.29) is 5.56 Å². The van der Waals surface area contributed by atoms with E-state index in [1.807, 2.05) is 18.2 Å². The molecule has 4 rings (SSSR count). The second-order valence-corrected chi connectivity index (χ2v) is 6.81. The van der Waals surface area contributed by atoms with E-state index >= 15 is 0 Å². The van der Waals surface area contributed by atoms with Crippen LogP contribution in [0.3, 0.4) is 0 Å². The highest BCUT2D eigenvalue weighted by Crippen LogP contribution is 2.22. The summed E-state index contributed by atoms with van der Waals surface area (Å²) >= 11 is 0. The molecule has 0 aliphatic carbocycles. The molecule has 3 aromatic rings. The lowest BCUT2D eigenvalue weighted by molar-refractivity contribution is 0.186. The molecule has 1 aliphatic heterocycles. The fraction of sp³-hybridized carbons (Fsp3) is 0.400. The average molecular weight is 396 g/mol. The van der Waals surface area contributed by atoms with Crippen molar-refractivity contribution in [3.8, 4) is 5.88 Å². The highest BCUT2D eigenvalue weighted by atomic mass is 16.5. The molecule has 29 heavy (non-hydrogen) atoms. The van der Waals surface area contributed by atoms with Crippen LogP contribution in [0.15, 0.2) is 41.6 Å². The Bertz CT molecular complexity index is 1050. The maximum Gasteiger partial charge on any atom is 0.261 e. The minimum atomic E-state index is -0.0430. The first-order valence-electron chi connectivity index (χ1n) is 9.54. The van der Waals surface area contributed by atoms with E-state index in [2.05, 4.69) is 24.8 Å². The Labute approximate surface area is 168 Å². The SMILES string of the molecule is COCCn1cnc2cc(N3CCN(c4nccc(OC)n4)CC3)ccc2c1=O. The Morgan fingerprint density at radius 3 is 2.59 bits per heavy atom. The van der Waals surface area contributed by atoms with Crippen LogP contribution in [0.25, 0.3) is 10.9 Å². The van der Waals surface area contributed by atoms with Crippen molar-refractivity contribution in [3.63, 3.8) is 0 Å². The molecule has 0 spiro atoms. The van der Waals surface area contributed by atoms with Gasteiger partial charge in [0.25, 0.3) is 5.56 Å². The maximum absolute atomic E-state index is 12.6. The summed E-state index contributed by atoms with van der Waals surface area (Å²) < 4.78 is 11.8. The number of methoxy groups -OCH3 is 2. The van der Waals surface area contributed by atoms with Gasteiger partial charge < -0.3 is 19.3 Å². The van der Waals surface area contributed by atoms with Crippen LogP contribution >= 0.6 is 0 Å². The van der Waals surface area contributed by atoms with Crippen LogP contribution < -0.4 is 20.1 Å². The Kier molecular flexibility index (Phi) is 5.57. The van der Waals surface area contributed by atoms with Crippen molar-refractivity contribution in [1.82, 2.24) is 19.5 Å². The van der Waals surface area contributed by atoms with Gasteiger partial charge in [0.15, 0.2) is 0 Å². The van der Waals surface area contributed by atoms with Crippen LogP contribution in [0.5, 0.6) is 5.88 Å². The van der Waals surface area contributed by atoms with Gasteiger partial charge >= 0.3 is 0 Å². The molecule has 1 saturated heterocycles. The van der Waals surface area contributed by atoms with E-state index in [1.54, 1.807) is 37.4 Å². The first-order chi connectivity index (χ1) is 14.2.